The van der Waals surface area contributed by atoms with E-state index in [9.17, 15) is 50.1 Å². The second-order valence-electron chi connectivity index (χ2n) is 32.3. The molecule has 97 heavy (non-hydrogen) atoms. The van der Waals surface area contributed by atoms with E-state index < -0.39 is 51.4 Å². The van der Waals surface area contributed by atoms with Crippen molar-refractivity contribution in [1.29, 1.82) is 0 Å². The number of piperidine rings is 4. The summed E-state index contributed by atoms with van der Waals surface area (Å²) < 4.78 is 30.5. The zero-order chi connectivity index (χ0) is 66.4. The average molecular weight is 1320 g/mol. The molecular formula is C78H90N4O15. The molecule has 22 rings (SSSR count). The molecule has 10 aliphatic carbocycles. The molecule has 0 aromatic heterocycles. The number of phenolic OH excluding ortho intramolecular Hbond substituents is 1. The molecule has 15 atom stereocenters. The molecule has 7 N–H and O–H groups in total. The number of Topliss-reactive ketones (excluding diaryl/α,β-unsaturated/α-hetero) is 3. The van der Waals surface area contributed by atoms with Gasteiger partial charge in [0.15, 0.2) is 53.3 Å². The van der Waals surface area contributed by atoms with Crippen LogP contribution in [0.25, 0.3) is 0 Å². The molecule has 0 radical (unpaired) electrons. The Labute approximate surface area is 564 Å². The van der Waals surface area contributed by atoms with Gasteiger partial charge >= 0.3 is 0 Å². The quantitative estimate of drug-likeness (QED) is 0.119. The van der Waals surface area contributed by atoms with Gasteiger partial charge in [0.2, 0.25) is 0 Å². The number of methoxy groups -OCH3 is 1. The summed E-state index contributed by atoms with van der Waals surface area (Å²) in [7, 11) is 5.99. The molecule has 4 aromatic rings. The van der Waals surface area contributed by atoms with Crippen molar-refractivity contribution < 1.29 is 73.8 Å². The smallest absolute Gasteiger partial charge is 0.174 e. The number of likely N-dealkylation sites (tertiary alicyclic amines) is 4. The number of aromatic hydroxyl groups is 1. The lowest BCUT2D eigenvalue weighted by Gasteiger charge is -2.62. The predicted molar refractivity (Wildman–Crippen MR) is 353 cm³/mol. The SMILES string of the molecule is CN1CC[C@]23c4c5ccc(CO)c4O[C@H]2C(=O)CC[C@@]3(O)C1C5.COC1=CC=C2C3Cc4ccc(CO)c5c4[C@@]2(CCN3C)[C@H]1O5.O=C1CC[C@@]2(O)C3Cc4ccc(CO)c5c4[C@@]2(CCN3CC2CC2)[C@H]1O5.O=C1CC[C@@]2(O)C3Cc4ccc(O)c5c4[C@@]2(CCN3CC2CC2)[C@H]1O5. The molecule has 8 heterocycles. The van der Waals surface area contributed by atoms with Crippen LogP contribution in [-0.2, 0) is 86.3 Å². The van der Waals surface area contributed by atoms with Gasteiger partial charge in [-0.05, 0) is 188 Å². The number of hydrogen-bond donors (Lipinski definition) is 7. The minimum absolute atomic E-state index is 0.0137. The summed E-state index contributed by atoms with van der Waals surface area (Å²) in [4.78, 5) is 47.8. The molecule has 4 spiro atoms. The van der Waals surface area contributed by atoms with Gasteiger partial charge < -0.3 is 64.3 Å². The molecule has 18 aliphatic rings. The number of rotatable bonds is 8. The Morgan fingerprint density at radius 2 is 0.887 bits per heavy atom. The first kappa shape index (κ1) is 61.8. The molecule has 8 aliphatic heterocycles. The maximum atomic E-state index is 12.8. The Balaban J connectivity index is 0.0000000910. The maximum Gasteiger partial charge on any atom is 0.174 e. The third-order valence-corrected chi connectivity index (χ3v) is 28.4. The highest BCUT2D eigenvalue weighted by Crippen LogP contribution is 2.69. The number of ether oxygens (including phenoxy) is 5. The molecule has 4 saturated heterocycles. The fraction of sp³-hybridized carbons (Fsp3) is 0.603. The van der Waals surface area contributed by atoms with Crippen molar-refractivity contribution in [2.24, 2.45) is 11.8 Å². The van der Waals surface area contributed by atoms with E-state index in [1.165, 1.54) is 47.9 Å². The van der Waals surface area contributed by atoms with E-state index in [4.69, 9.17) is 23.7 Å². The first-order valence-electron chi connectivity index (χ1n) is 36.3. The first-order valence-corrected chi connectivity index (χ1v) is 36.3. The number of benzene rings is 4. The predicted octanol–water partition coefficient (Wildman–Crippen LogP) is 5.28. The van der Waals surface area contributed by atoms with E-state index in [1.807, 2.05) is 30.3 Å². The van der Waals surface area contributed by atoms with Crippen LogP contribution in [0.4, 0.5) is 0 Å². The Hall–Kier alpha value is -6.23. The summed E-state index contributed by atoms with van der Waals surface area (Å²) in [6.07, 6.45) is 16.9. The van der Waals surface area contributed by atoms with Gasteiger partial charge in [-0.1, -0.05) is 48.5 Å². The maximum absolute atomic E-state index is 12.8. The lowest BCUT2D eigenvalue weighted by molar-refractivity contribution is -0.188. The molecule has 4 aromatic carbocycles. The second-order valence-corrected chi connectivity index (χ2v) is 32.3. The summed E-state index contributed by atoms with van der Waals surface area (Å²) in [6.45, 7) is 5.64. The van der Waals surface area contributed by atoms with Gasteiger partial charge in [-0.25, -0.2) is 0 Å². The number of nitrogens with zero attached hydrogens (tertiary/aromatic N) is 4. The van der Waals surface area contributed by atoms with Gasteiger partial charge in [-0.15, -0.1) is 0 Å². The molecule has 9 fully saturated rings. The monoisotopic (exact) mass is 1320 g/mol. The normalized spacial score (nSPS) is 39.1. The third-order valence-electron chi connectivity index (χ3n) is 28.4. The molecule has 8 bridgehead atoms. The van der Waals surface area contributed by atoms with Gasteiger partial charge in [0, 0.05) is 95.5 Å². The number of hydrogen-bond acceptors (Lipinski definition) is 19. The van der Waals surface area contributed by atoms with Gasteiger partial charge in [0.25, 0.3) is 0 Å². The zero-order valence-corrected chi connectivity index (χ0v) is 55.8. The summed E-state index contributed by atoms with van der Waals surface area (Å²) in [5.41, 5.74) is 8.14. The fourth-order valence-electron chi connectivity index (χ4n) is 23.6. The highest BCUT2D eigenvalue weighted by molar-refractivity contribution is 5.92. The van der Waals surface area contributed by atoms with Gasteiger partial charge in [0.1, 0.15) is 23.0 Å². The highest BCUT2D eigenvalue weighted by Gasteiger charge is 2.76. The van der Waals surface area contributed by atoms with Crippen LogP contribution in [0.2, 0.25) is 0 Å². The second kappa shape index (κ2) is 21.2. The van der Waals surface area contributed by atoms with E-state index in [0.29, 0.717) is 61.8 Å². The number of likely N-dealkylation sites (N-methyl/N-ethyl adjacent to an activating group) is 2. The van der Waals surface area contributed by atoms with Crippen molar-refractivity contribution in [1.82, 2.24) is 19.6 Å². The van der Waals surface area contributed by atoms with Crippen LogP contribution in [0, 0.1) is 11.8 Å². The van der Waals surface area contributed by atoms with E-state index >= 15 is 0 Å². The molecule has 5 saturated carbocycles. The van der Waals surface area contributed by atoms with E-state index in [-0.39, 0.29) is 72.6 Å². The zero-order valence-electron chi connectivity index (χ0n) is 55.8. The lowest BCUT2D eigenvalue weighted by atomic mass is 9.49. The molecule has 19 nitrogen and oxygen atoms in total. The highest BCUT2D eigenvalue weighted by atomic mass is 16.5. The molecular weight excluding hydrogens is 1230 g/mol. The van der Waals surface area contributed by atoms with Crippen molar-refractivity contribution in [3.8, 4) is 28.7 Å². The Kier molecular flexibility index (Phi) is 13.5. The largest absolute Gasteiger partial charge is 0.504 e. The van der Waals surface area contributed by atoms with Gasteiger partial charge in [-0.3, -0.25) is 29.1 Å². The minimum Gasteiger partial charge on any atom is -0.504 e. The van der Waals surface area contributed by atoms with Crippen molar-refractivity contribution in [2.75, 3.05) is 60.5 Å². The third kappa shape index (κ3) is 7.80. The average Bonchev–Trinajstić information content (AvgIpc) is 1.56. The first-order chi connectivity index (χ1) is 46.9. The lowest BCUT2D eigenvalue weighted by Crippen LogP contribution is -2.76. The van der Waals surface area contributed by atoms with E-state index in [1.54, 1.807) is 13.2 Å². The molecule has 0 amide bonds. The number of aliphatic hydroxyl groups is 6. The Morgan fingerprint density at radius 3 is 1.37 bits per heavy atom. The van der Waals surface area contributed by atoms with Crippen molar-refractivity contribution in [3.63, 3.8) is 0 Å². The number of carbonyl (C=O) groups is 3. The van der Waals surface area contributed by atoms with Crippen LogP contribution in [0.15, 0.2) is 72.0 Å². The fourth-order valence-corrected chi connectivity index (χ4v) is 23.6. The topological polar surface area (TPSA) is 252 Å². The van der Waals surface area contributed by atoms with Crippen LogP contribution in [0.5, 0.6) is 28.7 Å². The van der Waals surface area contributed by atoms with E-state index in [2.05, 4.69) is 58.0 Å². The Morgan fingerprint density at radius 1 is 0.474 bits per heavy atom. The Bertz CT molecular complexity index is 4160. The molecule has 4 unspecified atom stereocenters. The number of aliphatic hydroxyl groups excluding tert-OH is 3. The van der Waals surface area contributed by atoms with Crippen LogP contribution in [0.3, 0.4) is 0 Å². The number of carbonyl (C=O) groups excluding carboxylic acids is 3. The minimum atomic E-state index is -0.940. The van der Waals surface area contributed by atoms with Crippen LogP contribution in [-0.4, -0.2) is 199 Å². The number of phenols is 1. The number of allylic oxidation sites excluding steroid dienone is 2. The molecule has 512 valence electrons. The van der Waals surface area contributed by atoms with Crippen LogP contribution >= 0.6 is 0 Å². The summed E-state index contributed by atoms with van der Waals surface area (Å²) in [5, 5.41) is 75.3. The van der Waals surface area contributed by atoms with Gasteiger partial charge in [0.05, 0.1) is 65.4 Å². The van der Waals surface area contributed by atoms with Crippen molar-refractivity contribution in [2.45, 2.75) is 222 Å². The van der Waals surface area contributed by atoms with Crippen LogP contribution in [0.1, 0.15) is 151 Å². The van der Waals surface area contributed by atoms with Gasteiger partial charge in [-0.2, -0.15) is 0 Å². The van der Waals surface area contributed by atoms with Crippen molar-refractivity contribution in [3.05, 3.63) is 133 Å². The standard InChI is InChI=1S/C21H25NO4.C20H23NO4.C19H21NO3.C18H21NO4/c23-11-14-4-3-13-9-16-21(25)6-5-15(24)19-20(21,17(13)18(14)26-19)7-8-22(16)10-12-1-2-12;22-13-4-3-12-9-15-20(24)6-5-14(23)18-19(20,16(12)17(13)25-18)7-8-21(15)10-11-1-2-11;1-20-8-7-19-13-5-6-15(22-2)18(19)23-17-12(10-21)4-3-11(16(17)19)9-14(13)20;1-19-7-6-17-14-10-2-3-11(9-20)15(14)23-16(17)12(21)4-5-18(17,22)13(19)8-10/h3-4,12,16,19,23,25H,1-2,5-11H2;3-4,11,15,18,22,24H,1-2,5-10H2;3-6,14,18,21H,7-10H2,1-2H3;2-3,13,16,20,22H,4-9H2,1H3/t16?,19-,20-,21+;15?,18-,19-,20+;14?,18-,19-;13?,16-,17-,18+/m0000/s1. The summed E-state index contributed by atoms with van der Waals surface area (Å²) >= 11 is 0. The number of ketones is 3. The summed E-state index contributed by atoms with van der Waals surface area (Å²) in [6, 6.07) is 16.4. The van der Waals surface area contributed by atoms with Crippen molar-refractivity contribution >= 4 is 17.3 Å². The van der Waals surface area contributed by atoms with Crippen LogP contribution < -0.4 is 18.9 Å². The molecule has 19 heteroatoms. The van der Waals surface area contributed by atoms with E-state index in [0.717, 1.165) is 158 Å². The summed E-state index contributed by atoms with van der Waals surface area (Å²) in [5.74, 6) is 5.49.